The number of hydrogen-bond donors (Lipinski definition) is 1. The molecule has 124 valence electrons. The van der Waals surface area contributed by atoms with E-state index in [-0.39, 0.29) is 23.3 Å². The van der Waals surface area contributed by atoms with E-state index in [0.29, 0.717) is 24.1 Å². The highest BCUT2D eigenvalue weighted by atomic mass is 16.6. The van der Waals surface area contributed by atoms with Crippen LogP contribution in [0.25, 0.3) is 0 Å². The van der Waals surface area contributed by atoms with Crippen LogP contribution in [-0.2, 0) is 4.74 Å². The van der Waals surface area contributed by atoms with Gasteiger partial charge >= 0.3 is 0 Å². The Morgan fingerprint density at radius 1 is 1.57 bits per heavy atom. The van der Waals surface area contributed by atoms with Gasteiger partial charge < -0.3 is 10.1 Å². The van der Waals surface area contributed by atoms with Crippen LogP contribution in [0, 0.1) is 18.8 Å². The maximum Gasteiger partial charge on any atom is 0.275 e. The number of aryl methyl sites for hydroxylation is 1. The van der Waals surface area contributed by atoms with Crippen molar-refractivity contribution in [1.29, 1.82) is 0 Å². The second-order valence-electron chi connectivity index (χ2n) is 6.92. The van der Waals surface area contributed by atoms with Gasteiger partial charge in [-0.15, -0.1) is 6.58 Å². The van der Waals surface area contributed by atoms with E-state index in [4.69, 9.17) is 4.74 Å². The molecule has 0 radical (unpaired) electrons. The van der Waals surface area contributed by atoms with Crippen molar-refractivity contribution in [2.24, 2.45) is 11.8 Å². The van der Waals surface area contributed by atoms with Gasteiger partial charge in [0.05, 0.1) is 11.7 Å². The predicted molar refractivity (Wildman–Crippen MR) is 81.8 cm³/mol. The van der Waals surface area contributed by atoms with Crippen molar-refractivity contribution in [3.05, 3.63) is 24.0 Å². The average Bonchev–Trinajstić information content (AvgIpc) is 3.25. The van der Waals surface area contributed by atoms with Crippen LogP contribution >= 0.6 is 0 Å². The lowest BCUT2D eigenvalue weighted by Crippen LogP contribution is -2.42. The van der Waals surface area contributed by atoms with Crippen molar-refractivity contribution in [3.63, 3.8) is 0 Å². The van der Waals surface area contributed by atoms with Gasteiger partial charge in [0.25, 0.3) is 5.91 Å². The number of rotatable bonds is 5. The van der Waals surface area contributed by atoms with Gasteiger partial charge in [-0.3, -0.25) is 9.69 Å². The Labute approximate surface area is 135 Å². The van der Waals surface area contributed by atoms with Gasteiger partial charge in [-0.05, 0) is 24.9 Å². The molecule has 0 aliphatic carbocycles. The molecule has 23 heavy (non-hydrogen) atoms. The fraction of sp³-hybridized carbons (Fsp3) is 0.688. The molecule has 4 atom stereocenters. The van der Waals surface area contributed by atoms with E-state index in [0.717, 1.165) is 32.5 Å². The zero-order valence-electron chi connectivity index (χ0n) is 13.3. The number of fused-ring (bicyclic) bond motifs is 1. The summed E-state index contributed by atoms with van der Waals surface area (Å²) in [6.07, 6.45) is 4.43. The largest absolute Gasteiger partial charge is 0.370 e. The van der Waals surface area contributed by atoms with E-state index in [9.17, 15) is 4.79 Å². The highest BCUT2D eigenvalue weighted by molar-refractivity contribution is 5.92. The Morgan fingerprint density at radius 2 is 2.43 bits per heavy atom. The van der Waals surface area contributed by atoms with Crippen LogP contribution in [0.4, 0.5) is 0 Å². The monoisotopic (exact) mass is 318 g/mol. The Morgan fingerprint density at radius 3 is 3.17 bits per heavy atom. The fourth-order valence-electron chi connectivity index (χ4n) is 4.61. The number of carbonyl (C=O) groups excluding carboxylic acids is 1. The molecule has 1 N–H and O–H groups in total. The molecule has 1 spiro atoms. The quantitative estimate of drug-likeness (QED) is 0.808. The van der Waals surface area contributed by atoms with Crippen molar-refractivity contribution in [3.8, 4) is 0 Å². The molecular weight excluding hydrogens is 296 g/mol. The summed E-state index contributed by atoms with van der Waals surface area (Å²) < 4.78 is 10.9. The molecule has 1 aromatic rings. The first-order chi connectivity index (χ1) is 11.1. The summed E-state index contributed by atoms with van der Waals surface area (Å²) in [5, 5.41) is 10.3. The molecule has 7 heteroatoms. The maximum atomic E-state index is 12.2. The third-order valence-electron chi connectivity index (χ3n) is 5.61. The van der Waals surface area contributed by atoms with E-state index in [1.807, 2.05) is 6.08 Å². The molecule has 4 rings (SSSR count). The van der Waals surface area contributed by atoms with Gasteiger partial charge in [0.1, 0.15) is 5.69 Å². The van der Waals surface area contributed by atoms with Crippen LogP contribution in [0.3, 0.4) is 0 Å². The molecule has 1 aromatic heterocycles. The summed E-state index contributed by atoms with van der Waals surface area (Å²) in [4.78, 5) is 14.6. The van der Waals surface area contributed by atoms with E-state index >= 15 is 0 Å². The molecule has 0 aromatic carbocycles. The van der Waals surface area contributed by atoms with Gasteiger partial charge in [-0.25, -0.2) is 4.63 Å². The summed E-state index contributed by atoms with van der Waals surface area (Å²) >= 11 is 0. The number of nitrogens with zero attached hydrogens (tertiary/aromatic N) is 3. The fourth-order valence-corrected chi connectivity index (χ4v) is 4.61. The van der Waals surface area contributed by atoms with E-state index in [1.165, 1.54) is 0 Å². The highest BCUT2D eigenvalue weighted by Crippen LogP contribution is 2.54. The Hall–Kier alpha value is -1.73. The Kier molecular flexibility index (Phi) is 3.50. The molecule has 3 aliphatic rings. The summed E-state index contributed by atoms with van der Waals surface area (Å²) in [5.74, 6) is 0.627. The first-order valence-corrected chi connectivity index (χ1v) is 8.21. The molecule has 3 aliphatic heterocycles. The van der Waals surface area contributed by atoms with Crippen LogP contribution in [0.5, 0.6) is 0 Å². The molecule has 2 bridgehead atoms. The minimum absolute atomic E-state index is 0.00552. The first kappa shape index (κ1) is 14.8. The Balaban J connectivity index is 1.43. The van der Waals surface area contributed by atoms with Gasteiger partial charge in [-0.2, -0.15) is 0 Å². The lowest BCUT2D eigenvalue weighted by Gasteiger charge is -2.29. The number of likely N-dealkylation sites (tertiary alicyclic amines) is 1. The average molecular weight is 318 g/mol. The summed E-state index contributed by atoms with van der Waals surface area (Å²) in [5.41, 5.74) is 0.777. The van der Waals surface area contributed by atoms with Crippen molar-refractivity contribution < 1.29 is 14.2 Å². The van der Waals surface area contributed by atoms with Crippen molar-refractivity contribution in [2.45, 2.75) is 31.5 Å². The van der Waals surface area contributed by atoms with Gasteiger partial charge in [0, 0.05) is 38.0 Å². The zero-order chi connectivity index (χ0) is 16.0. The molecule has 3 saturated heterocycles. The molecular formula is C16H22N4O3. The van der Waals surface area contributed by atoms with E-state index in [1.54, 1.807) is 6.92 Å². The van der Waals surface area contributed by atoms with Crippen LogP contribution in [0.2, 0.25) is 0 Å². The summed E-state index contributed by atoms with van der Waals surface area (Å²) in [7, 11) is 0. The summed E-state index contributed by atoms with van der Waals surface area (Å²) in [6, 6.07) is 0. The minimum atomic E-state index is -0.221. The predicted octanol–water partition coefficient (Wildman–Crippen LogP) is 0.773. The van der Waals surface area contributed by atoms with Gasteiger partial charge in [0.15, 0.2) is 5.69 Å². The number of aromatic nitrogens is 2. The topological polar surface area (TPSA) is 80.5 Å². The highest BCUT2D eigenvalue weighted by Gasteiger charge is 2.62. The van der Waals surface area contributed by atoms with E-state index in [2.05, 4.69) is 31.7 Å². The second-order valence-corrected chi connectivity index (χ2v) is 6.92. The van der Waals surface area contributed by atoms with Gasteiger partial charge in [0.2, 0.25) is 0 Å². The smallest absolute Gasteiger partial charge is 0.275 e. The molecule has 0 saturated carbocycles. The van der Waals surface area contributed by atoms with Gasteiger partial charge in [-0.1, -0.05) is 11.2 Å². The SMILES string of the molecule is C=CCN1C[C@@H]2[C@H](CNC(=O)c3nonc3C)[C@H]3CC[C@]2(C1)O3. The third-order valence-corrected chi connectivity index (χ3v) is 5.61. The standard InChI is InChI=1S/C16H22N4O3/c1-3-6-20-8-12-11(13-4-5-16(12,9-20)22-13)7-17-15(21)14-10(2)18-23-19-14/h3,11-13H,1,4-9H2,2H3,(H,17,21)/t11-,12+,13+,16+/m0/s1. The number of amides is 1. The first-order valence-electron chi connectivity index (χ1n) is 8.21. The molecule has 3 fully saturated rings. The molecule has 0 unspecified atom stereocenters. The molecule has 1 amide bonds. The van der Waals surface area contributed by atoms with Crippen LogP contribution in [-0.4, -0.2) is 59.0 Å². The summed E-state index contributed by atoms with van der Waals surface area (Å²) in [6.45, 7) is 9.06. The third kappa shape index (κ3) is 2.30. The molecule has 4 heterocycles. The zero-order valence-corrected chi connectivity index (χ0v) is 13.3. The molecule has 7 nitrogen and oxygen atoms in total. The van der Waals surface area contributed by atoms with Crippen molar-refractivity contribution in [1.82, 2.24) is 20.5 Å². The van der Waals surface area contributed by atoms with Crippen LogP contribution in [0.15, 0.2) is 17.3 Å². The lowest BCUT2D eigenvalue weighted by atomic mass is 9.73. The van der Waals surface area contributed by atoms with Crippen molar-refractivity contribution in [2.75, 3.05) is 26.2 Å². The normalized spacial score (nSPS) is 35.4. The van der Waals surface area contributed by atoms with Crippen LogP contribution < -0.4 is 5.32 Å². The van der Waals surface area contributed by atoms with E-state index < -0.39 is 0 Å². The second kappa shape index (κ2) is 5.42. The number of carbonyl (C=O) groups is 1. The number of nitrogens with one attached hydrogen (secondary N) is 1. The Bertz CT molecular complexity index is 631. The van der Waals surface area contributed by atoms with Crippen LogP contribution in [0.1, 0.15) is 29.0 Å². The van der Waals surface area contributed by atoms with Crippen molar-refractivity contribution >= 4 is 5.91 Å². The lowest BCUT2D eigenvalue weighted by molar-refractivity contribution is 0.00365. The number of ether oxygens (including phenoxy) is 1. The minimum Gasteiger partial charge on any atom is -0.370 e. The maximum absolute atomic E-state index is 12.2. The number of hydrogen-bond acceptors (Lipinski definition) is 6.